The maximum atomic E-state index is 13.8. The van der Waals surface area contributed by atoms with Gasteiger partial charge in [-0.3, -0.25) is 4.79 Å². The highest BCUT2D eigenvalue weighted by Gasteiger charge is 2.49. The summed E-state index contributed by atoms with van der Waals surface area (Å²) in [6.07, 6.45) is 2.96. The predicted molar refractivity (Wildman–Crippen MR) is 118 cm³/mol. The molecule has 2 aromatic carbocycles. The lowest BCUT2D eigenvalue weighted by Gasteiger charge is -2.48. The molecule has 1 heterocycles. The van der Waals surface area contributed by atoms with Crippen molar-refractivity contribution in [2.24, 2.45) is 5.41 Å². The van der Waals surface area contributed by atoms with Gasteiger partial charge in [-0.15, -0.1) is 6.58 Å². The Hall–Kier alpha value is -1.84. The third-order valence-corrected chi connectivity index (χ3v) is 6.78. The van der Waals surface area contributed by atoms with Crippen molar-refractivity contribution in [2.75, 3.05) is 0 Å². The third kappa shape index (κ3) is 4.22. The molecule has 1 aliphatic rings. The highest BCUT2D eigenvalue weighted by Crippen LogP contribution is 2.47. The van der Waals surface area contributed by atoms with E-state index in [1.54, 1.807) is 18.2 Å². The number of halogens is 3. The average molecular weight is 434 g/mol. The van der Waals surface area contributed by atoms with Crippen LogP contribution < -0.4 is 5.32 Å². The Labute approximate surface area is 182 Å². The topological polar surface area (TPSA) is 29.1 Å². The Bertz CT molecular complexity index is 925. The van der Waals surface area contributed by atoms with Crippen LogP contribution >= 0.6 is 23.2 Å². The van der Waals surface area contributed by atoms with Crippen molar-refractivity contribution in [1.82, 2.24) is 5.32 Å². The van der Waals surface area contributed by atoms with Crippen LogP contribution in [-0.2, 0) is 10.2 Å². The summed E-state index contributed by atoms with van der Waals surface area (Å²) >= 11 is 12.2. The summed E-state index contributed by atoms with van der Waals surface area (Å²) in [4.78, 5) is 13.1. The minimum atomic E-state index is -0.583. The molecule has 0 unspecified atom stereocenters. The van der Waals surface area contributed by atoms with Gasteiger partial charge in [-0.2, -0.15) is 0 Å². The van der Waals surface area contributed by atoms with E-state index in [1.807, 2.05) is 31.2 Å². The van der Waals surface area contributed by atoms with Crippen LogP contribution in [-0.4, -0.2) is 11.9 Å². The minimum absolute atomic E-state index is 0.00824. The number of allylic oxidation sites excluding steroid dienone is 1. The van der Waals surface area contributed by atoms with Crippen LogP contribution in [0.5, 0.6) is 0 Å². The summed E-state index contributed by atoms with van der Waals surface area (Å²) in [5.41, 5.74) is 1.01. The lowest BCUT2D eigenvalue weighted by Crippen LogP contribution is -2.59. The first kappa shape index (κ1) is 21.9. The molecule has 3 atom stereocenters. The summed E-state index contributed by atoms with van der Waals surface area (Å²) in [5.74, 6) is -0.479. The molecule has 0 aliphatic carbocycles. The average Bonchev–Trinajstić information content (AvgIpc) is 2.66. The molecule has 0 aromatic heterocycles. The van der Waals surface area contributed by atoms with Crippen LogP contribution in [0.15, 0.2) is 55.1 Å². The number of piperidine rings is 1. The fourth-order valence-corrected chi connectivity index (χ4v) is 4.72. The molecule has 0 saturated carbocycles. The molecule has 2 nitrogen and oxygen atoms in total. The van der Waals surface area contributed by atoms with Gasteiger partial charge in [-0.05, 0) is 48.2 Å². The van der Waals surface area contributed by atoms with Crippen molar-refractivity contribution >= 4 is 29.1 Å². The molecule has 0 radical (unpaired) electrons. The van der Waals surface area contributed by atoms with Crippen LogP contribution in [0.2, 0.25) is 10.0 Å². The molecule has 3 rings (SSSR count). The number of nitrogens with one attached hydrogen (secondary N) is 1. The van der Waals surface area contributed by atoms with E-state index in [9.17, 15) is 9.18 Å². The Balaban J connectivity index is 2.08. The van der Waals surface area contributed by atoms with E-state index in [0.717, 1.165) is 11.1 Å². The lowest BCUT2D eigenvalue weighted by atomic mass is 9.62. The van der Waals surface area contributed by atoms with Gasteiger partial charge in [0.25, 0.3) is 0 Å². The first-order chi connectivity index (χ1) is 13.6. The maximum absolute atomic E-state index is 13.8. The predicted octanol–water partition coefficient (Wildman–Crippen LogP) is 6.66. The molecule has 1 saturated heterocycles. The van der Waals surface area contributed by atoms with E-state index in [-0.39, 0.29) is 28.3 Å². The molecule has 1 fully saturated rings. The zero-order valence-corrected chi connectivity index (χ0v) is 18.4. The molecule has 1 N–H and O–H groups in total. The van der Waals surface area contributed by atoms with E-state index >= 15 is 0 Å². The normalized spacial score (nSPS) is 24.8. The van der Waals surface area contributed by atoms with E-state index in [1.165, 1.54) is 6.07 Å². The van der Waals surface area contributed by atoms with Gasteiger partial charge < -0.3 is 5.32 Å². The van der Waals surface area contributed by atoms with E-state index in [0.29, 0.717) is 17.9 Å². The molecule has 154 valence electrons. The molecule has 1 amide bonds. The largest absolute Gasteiger partial charge is 0.351 e. The maximum Gasteiger partial charge on any atom is 0.226 e. The second-order valence-electron chi connectivity index (χ2n) is 8.72. The van der Waals surface area contributed by atoms with Gasteiger partial charge in [0, 0.05) is 22.4 Å². The third-order valence-electron chi connectivity index (χ3n) is 6.24. The first-order valence-corrected chi connectivity index (χ1v) is 10.5. The molecular formula is C24H26Cl2FNO. The number of hydrogen-bond acceptors (Lipinski definition) is 1. The number of carbonyl (C=O) groups is 1. The van der Waals surface area contributed by atoms with Crippen molar-refractivity contribution in [3.8, 4) is 0 Å². The van der Waals surface area contributed by atoms with Gasteiger partial charge in [0.1, 0.15) is 5.82 Å². The molecule has 0 spiro atoms. The smallest absolute Gasteiger partial charge is 0.226 e. The SMILES string of the molecule is C=CC[C@@]1(C)C[C@H](c2ccc(F)c(Cl)c2)[C@@H](C(C)(C)c2ccc(Cl)cc2)NC1=O. The highest BCUT2D eigenvalue weighted by atomic mass is 35.5. The molecule has 1 aliphatic heterocycles. The van der Waals surface area contributed by atoms with Crippen LogP contribution in [0.25, 0.3) is 0 Å². The van der Waals surface area contributed by atoms with Crippen molar-refractivity contribution in [2.45, 2.75) is 51.0 Å². The molecule has 29 heavy (non-hydrogen) atoms. The van der Waals surface area contributed by atoms with Gasteiger partial charge in [0.05, 0.1) is 10.4 Å². The zero-order valence-electron chi connectivity index (χ0n) is 16.9. The van der Waals surface area contributed by atoms with Gasteiger partial charge in [0.2, 0.25) is 5.91 Å². The zero-order chi connectivity index (χ0) is 21.4. The summed E-state index contributed by atoms with van der Waals surface area (Å²) in [5, 5.41) is 4.03. The summed E-state index contributed by atoms with van der Waals surface area (Å²) in [6.45, 7) is 9.98. The minimum Gasteiger partial charge on any atom is -0.351 e. The number of carbonyl (C=O) groups excluding carboxylic acids is 1. The summed E-state index contributed by atoms with van der Waals surface area (Å²) in [7, 11) is 0. The fraction of sp³-hybridized carbons (Fsp3) is 0.375. The molecule has 0 bridgehead atoms. The van der Waals surface area contributed by atoms with Crippen molar-refractivity contribution < 1.29 is 9.18 Å². The Morgan fingerprint density at radius 2 is 1.90 bits per heavy atom. The second-order valence-corrected chi connectivity index (χ2v) is 9.56. The lowest BCUT2D eigenvalue weighted by molar-refractivity contribution is -0.135. The van der Waals surface area contributed by atoms with Gasteiger partial charge in [-0.25, -0.2) is 4.39 Å². The fourth-order valence-electron chi connectivity index (χ4n) is 4.40. The second kappa shape index (κ2) is 8.12. The van der Waals surface area contributed by atoms with Gasteiger partial charge >= 0.3 is 0 Å². The Morgan fingerprint density at radius 3 is 2.48 bits per heavy atom. The van der Waals surface area contributed by atoms with Gasteiger partial charge in [0.15, 0.2) is 0 Å². The summed E-state index contributed by atoms with van der Waals surface area (Å²) in [6, 6.07) is 12.3. The first-order valence-electron chi connectivity index (χ1n) is 9.71. The Kier molecular flexibility index (Phi) is 6.12. The van der Waals surface area contributed by atoms with Crippen LogP contribution in [0, 0.1) is 11.2 Å². The van der Waals surface area contributed by atoms with E-state index in [2.05, 4.69) is 25.7 Å². The van der Waals surface area contributed by atoms with Gasteiger partial charge in [-0.1, -0.05) is 68.2 Å². The quantitative estimate of drug-likeness (QED) is 0.524. The molecule has 5 heteroatoms. The van der Waals surface area contributed by atoms with Crippen molar-refractivity contribution in [3.05, 3.63) is 82.1 Å². The van der Waals surface area contributed by atoms with Crippen molar-refractivity contribution in [1.29, 1.82) is 0 Å². The van der Waals surface area contributed by atoms with Crippen LogP contribution in [0.3, 0.4) is 0 Å². The Morgan fingerprint density at radius 1 is 1.24 bits per heavy atom. The summed E-state index contributed by atoms with van der Waals surface area (Å²) < 4.78 is 13.8. The van der Waals surface area contributed by atoms with E-state index < -0.39 is 11.2 Å². The molecular weight excluding hydrogens is 408 g/mol. The molecule has 2 aromatic rings. The van der Waals surface area contributed by atoms with Crippen molar-refractivity contribution in [3.63, 3.8) is 0 Å². The van der Waals surface area contributed by atoms with Crippen LogP contribution in [0.4, 0.5) is 4.39 Å². The highest BCUT2D eigenvalue weighted by molar-refractivity contribution is 6.31. The van der Waals surface area contributed by atoms with Crippen LogP contribution in [0.1, 0.15) is 50.7 Å². The number of amides is 1. The van der Waals surface area contributed by atoms with E-state index in [4.69, 9.17) is 23.2 Å². The standard InChI is InChI=1S/C24H26Cl2FNO/c1-5-12-24(4)14-18(15-6-11-20(27)19(26)13-15)21(28-22(24)29)23(2,3)16-7-9-17(25)10-8-16/h5-11,13,18,21H,1,12,14H2,2-4H3,(H,28,29)/t18-,21+,24+/m1/s1. The monoisotopic (exact) mass is 433 g/mol. The number of benzene rings is 2. The number of rotatable bonds is 5. The number of hydrogen-bond donors (Lipinski definition) is 1.